The molecule has 15 heavy (non-hydrogen) atoms. The predicted molar refractivity (Wildman–Crippen MR) is 57.6 cm³/mol. The monoisotopic (exact) mass is 205 g/mol. The van der Waals surface area contributed by atoms with Gasteiger partial charge >= 0.3 is 0 Å². The lowest BCUT2D eigenvalue weighted by molar-refractivity contribution is 0.0997. The maximum absolute atomic E-state index is 11.2. The summed E-state index contributed by atoms with van der Waals surface area (Å²) in [6, 6.07) is 7.29. The molecular formula is C12H15NO2. The lowest BCUT2D eigenvalue weighted by atomic mass is 9.91. The summed E-state index contributed by atoms with van der Waals surface area (Å²) in [4.78, 5) is 11.2. The minimum Gasteiger partial charge on any atom is -0.392 e. The van der Waals surface area contributed by atoms with E-state index in [-0.39, 0.29) is 12.0 Å². The molecule has 0 aromatic heterocycles. The van der Waals surface area contributed by atoms with Crippen LogP contribution in [0.2, 0.25) is 0 Å². The zero-order chi connectivity index (χ0) is 10.8. The number of nitrogens with two attached hydrogens (primary N) is 1. The predicted octanol–water partition coefficient (Wildman–Crippen LogP) is 1.41. The maximum atomic E-state index is 11.2. The lowest BCUT2D eigenvalue weighted by Gasteiger charge is -2.17. The highest BCUT2D eigenvalue weighted by molar-refractivity contribution is 5.94. The van der Waals surface area contributed by atoms with Crippen molar-refractivity contribution in [2.24, 2.45) is 5.73 Å². The Bertz CT molecular complexity index is 376. The van der Waals surface area contributed by atoms with Crippen LogP contribution in [0.1, 0.15) is 41.1 Å². The smallest absolute Gasteiger partial charge is 0.248 e. The van der Waals surface area contributed by atoms with E-state index in [4.69, 9.17) is 5.73 Å². The molecule has 0 saturated heterocycles. The Hall–Kier alpha value is -1.35. The Balaban J connectivity index is 2.38. The van der Waals surface area contributed by atoms with E-state index in [2.05, 4.69) is 0 Å². The highest BCUT2D eigenvalue weighted by Gasteiger charge is 2.28. The van der Waals surface area contributed by atoms with Crippen molar-refractivity contribution in [3.8, 4) is 0 Å². The second-order valence-electron chi connectivity index (χ2n) is 4.06. The summed E-state index contributed by atoms with van der Waals surface area (Å²) in [7, 11) is 0. The van der Waals surface area contributed by atoms with Gasteiger partial charge in [-0.15, -0.1) is 0 Å². The number of hydrogen-bond donors (Lipinski definition) is 2. The second kappa shape index (κ2) is 4.03. The van der Waals surface area contributed by atoms with E-state index < -0.39 is 5.91 Å². The van der Waals surface area contributed by atoms with E-state index in [0.717, 1.165) is 24.8 Å². The number of hydrogen-bond acceptors (Lipinski definition) is 2. The van der Waals surface area contributed by atoms with Crippen molar-refractivity contribution < 1.29 is 9.90 Å². The third kappa shape index (κ3) is 1.88. The molecule has 1 aliphatic carbocycles. The molecule has 2 atom stereocenters. The van der Waals surface area contributed by atoms with Crippen LogP contribution in [0.4, 0.5) is 0 Å². The number of aliphatic hydroxyl groups is 1. The van der Waals surface area contributed by atoms with Gasteiger partial charge in [0.05, 0.1) is 6.10 Å². The Labute approximate surface area is 88.9 Å². The van der Waals surface area contributed by atoms with Crippen LogP contribution in [0, 0.1) is 0 Å². The van der Waals surface area contributed by atoms with E-state index in [1.54, 1.807) is 12.1 Å². The number of rotatable bonds is 2. The summed E-state index contributed by atoms with van der Waals surface area (Å²) in [6.07, 6.45) is 2.44. The van der Waals surface area contributed by atoms with Gasteiger partial charge in [-0.25, -0.2) is 0 Å². The van der Waals surface area contributed by atoms with Crippen molar-refractivity contribution in [1.82, 2.24) is 0 Å². The summed E-state index contributed by atoms with van der Waals surface area (Å²) in [5, 5.41) is 9.80. The topological polar surface area (TPSA) is 63.3 Å². The quantitative estimate of drug-likeness (QED) is 0.766. The third-order valence-electron chi connectivity index (χ3n) is 3.11. The van der Waals surface area contributed by atoms with Gasteiger partial charge in [0.25, 0.3) is 0 Å². The first-order valence-corrected chi connectivity index (χ1v) is 5.27. The van der Waals surface area contributed by atoms with Crippen LogP contribution in [-0.4, -0.2) is 17.1 Å². The van der Waals surface area contributed by atoms with Gasteiger partial charge < -0.3 is 10.8 Å². The van der Waals surface area contributed by atoms with Gasteiger partial charge in [-0.05, 0) is 24.5 Å². The molecule has 3 nitrogen and oxygen atoms in total. The van der Waals surface area contributed by atoms with E-state index in [9.17, 15) is 9.90 Å². The van der Waals surface area contributed by atoms with Crippen molar-refractivity contribution >= 4 is 5.91 Å². The highest BCUT2D eigenvalue weighted by Crippen LogP contribution is 2.35. The minimum atomic E-state index is -0.412. The Morgan fingerprint density at radius 3 is 2.67 bits per heavy atom. The third-order valence-corrected chi connectivity index (χ3v) is 3.11. The molecule has 1 unspecified atom stereocenters. The molecular weight excluding hydrogens is 190 g/mol. The molecule has 80 valence electrons. The zero-order valence-corrected chi connectivity index (χ0v) is 8.52. The molecule has 0 heterocycles. The van der Waals surface area contributed by atoms with Gasteiger partial charge in [0.2, 0.25) is 5.91 Å². The first-order chi connectivity index (χ1) is 7.20. The molecule has 0 aliphatic heterocycles. The molecule has 2 rings (SSSR count). The van der Waals surface area contributed by atoms with Gasteiger partial charge in [-0.3, -0.25) is 4.79 Å². The molecule has 1 saturated carbocycles. The highest BCUT2D eigenvalue weighted by atomic mass is 16.3. The molecule has 1 aromatic rings. The average molecular weight is 205 g/mol. The van der Waals surface area contributed by atoms with Gasteiger partial charge in [-0.1, -0.05) is 24.6 Å². The van der Waals surface area contributed by atoms with Crippen LogP contribution in [-0.2, 0) is 0 Å². The van der Waals surface area contributed by atoms with Crippen molar-refractivity contribution in [3.05, 3.63) is 35.4 Å². The fraction of sp³-hybridized carbons (Fsp3) is 0.417. The van der Waals surface area contributed by atoms with Crippen molar-refractivity contribution in [2.75, 3.05) is 0 Å². The van der Waals surface area contributed by atoms with Crippen molar-refractivity contribution in [2.45, 2.75) is 31.3 Å². The summed E-state index contributed by atoms with van der Waals surface area (Å²) in [6.45, 7) is 0. The van der Waals surface area contributed by atoms with Crippen molar-refractivity contribution in [3.63, 3.8) is 0 Å². The second-order valence-corrected chi connectivity index (χ2v) is 4.06. The van der Waals surface area contributed by atoms with Gasteiger partial charge in [0, 0.05) is 11.5 Å². The molecule has 1 fully saturated rings. The molecule has 1 aromatic carbocycles. The molecule has 0 radical (unpaired) electrons. The molecule has 3 N–H and O–H groups in total. The number of amides is 1. The average Bonchev–Trinajstić information content (AvgIpc) is 2.64. The van der Waals surface area contributed by atoms with Crippen molar-refractivity contribution in [1.29, 1.82) is 0 Å². The summed E-state index contributed by atoms with van der Waals surface area (Å²) < 4.78 is 0. The first kappa shape index (κ1) is 10.2. The standard InChI is InChI=1S/C12H15NO2/c13-12(15)10-5-2-1-4-8(10)9-6-3-7-11(9)14/h1-2,4-5,9,11,14H,3,6-7H2,(H2,13,15)/t9?,11-/m0/s1. The molecule has 0 bridgehead atoms. The van der Waals surface area contributed by atoms with Crippen LogP contribution < -0.4 is 5.73 Å². The Morgan fingerprint density at radius 1 is 1.33 bits per heavy atom. The summed E-state index contributed by atoms with van der Waals surface area (Å²) in [5.74, 6) is -0.335. The van der Waals surface area contributed by atoms with E-state index in [1.807, 2.05) is 12.1 Å². The summed E-state index contributed by atoms with van der Waals surface area (Å²) in [5.41, 5.74) is 6.75. The van der Waals surface area contributed by atoms with Crippen LogP contribution >= 0.6 is 0 Å². The van der Waals surface area contributed by atoms with Gasteiger partial charge in [0.15, 0.2) is 0 Å². The van der Waals surface area contributed by atoms with E-state index in [0.29, 0.717) is 5.56 Å². The SMILES string of the molecule is NC(=O)c1ccccc1C1CCC[C@@H]1O. The van der Waals surface area contributed by atoms with Crippen LogP contribution in [0.25, 0.3) is 0 Å². The summed E-state index contributed by atoms with van der Waals surface area (Å²) >= 11 is 0. The molecule has 3 heteroatoms. The van der Waals surface area contributed by atoms with Gasteiger partial charge in [-0.2, -0.15) is 0 Å². The molecule has 1 amide bonds. The number of aliphatic hydroxyl groups excluding tert-OH is 1. The lowest BCUT2D eigenvalue weighted by Crippen LogP contribution is -2.18. The number of carbonyl (C=O) groups is 1. The maximum Gasteiger partial charge on any atom is 0.248 e. The Morgan fingerprint density at radius 2 is 2.07 bits per heavy atom. The number of carbonyl (C=O) groups excluding carboxylic acids is 1. The normalized spacial score (nSPS) is 25.4. The first-order valence-electron chi connectivity index (χ1n) is 5.27. The Kier molecular flexibility index (Phi) is 2.73. The molecule has 0 spiro atoms. The van der Waals surface area contributed by atoms with E-state index >= 15 is 0 Å². The molecule has 1 aliphatic rings. The van der Waals surface area contributed by atoms with Gasteiger partial charge in [0.1, 0.15) is 0 Å². The van der Waals surface area contributed by atoms with Crippen LogP contribution in [0.3, 0.4) is 0 Å². The van der Waals surface area contributed by atoms with Crippen LogP contribution in [0.15, 0.2) is 24.3 Å². The van der Waals surface area contributed by atoms with Crippen LogP contribution in [0.5, 0.6) is 0 Å². The largest absolute Gasteiger partial charge is 0.392 e. The fourth-order valence-corrected chi connectivity index (χ4v) is 2.35. The minimum absolute atomic E-state index is 0.0775. The fourth-order valence-electron chi connectivity index (χ4n) is 2.35. The number of benzene rings is 1. The van der Waals surface area contributed by atoms with E-state index in [1.165, 1.54) is 0 Å². The zero-order valence-electron chi connectivity index (χ0n) is 8.52. The number of primary amides is 1.